The number of fused-ring (bicyclic) bond motifs is 1. The van der Waals surface area contributed by atoms with E-state index in [0.29, 0.717) is 12.1 Å². The summed E-state index contributed by atoms with van der Waals surface area (Å²) >= 11 is 0. The standard InChI is InChI=1S/C17H17N3O/c1-3-18-17(21)13-8-10-14(11-9-13)20-12(2)19-15-6-4-5-7-16(15)20/h4-11H,3H2,1-2H3,(H,18,21). The number of para-hydroxylation sites is 2. The summed E-state index contributed by atoms with van der Waals surface area (Å²) in [6, 6.07) is 15.6. The van der Waals surface area contributed by atoms with E-state index >= 15 is 0 Å². The molecule has 1 N–H and O–H groups in total. The maximum Gasteiger partial charge on any atom is 0.251 e. The Hall–Kier alpha value is -2.62. The van der Waals surface area contributed by atoms with Gasteiger partial charge in [-0.05, 0) is 50.2 Å². The van der Waals surface area contributed by atoms with Crippen LogP contribution >= 0.6 is 0 Å². The van der Waals surface area contributed by atoms with Crippen molar-refractivity contribution in [1.29, 1.82) is 0 Å². The van der Waals surface area contributed by atoms with Gasteiger partial charge in [-0.15, -0.1) is 0 Å². The van der Waals surface area contributed by atoms with E-state index in [2.05, 4.69) is 14.9 Å². The fraction of sp³-hybridized carbons (Fsp3) is 0.176. The van der Waals surface area contributed by atoms with Crippen molar-refractivity contribution in [2.75, 3.05) is 6.54 Å². The third kappa shape index (κ3) is 2.40. The molecule has 0 bridgehead atoms. The molecule has 21 heavy (non-hydrogen) atoms. The highest BCUT2D eigenvalue weighted by atomic mass is 16.1. The zero-order valence-corrected chi connectivity index (χ0v) is 12.1. The molecule has 0 aliphatic rings. The molecule has 2 aromatic carbocycles. The van der Waals surface area contributed by atoms with Crippen LogP contribution in [0, 0.1) is 6.92 Å². The van der Waals surface area contributed by atoms with Crippen molar-refractivity contribution in [1.82, 2.24) is 14.9 Å². The van der Waals surface area contributed by atoms with Crippen LogP contribution in [0.2, 0.25) is 0 Å². The molecule has 3 rings (SSSR count). The largest absolute Gasteiger partial charge is 0.352 e. The first-order valence-electron chi connectivity index (χ1n) is 7.03. The first kappa shape index (κ1) is 13.4. The summed E-state index contributed by atoms with van der Waals surface area (Å²) in [5.74, 6) is 0.887. The highest BCUT2D eigenvalue weighted by Gasteiger charge is 2.09. The van der Waals surface area contributed by atoms with Gasteiger partial charge in [-0.25, -0.2) is 4.98 Å². The van der Waals surface area contributed by atoms with Crippen molar-refractivity contribution in [3.63, 3.8) is 0 Å². The maximum atomic E-state index is 11.8. The first-order valence-corrected chi connectivity index (χ1v) is 7.03. The third-order valence-corrected chi connectivity index (χ3v) is 3.45. The van der Waals surface area contributed by atoms with Crippen molar-refractivity contribution in [2.45, 2.75) is 13.8 Å². The van der Waals surface area contributed by atoms with Crippen LogP contribution in [-0.2, 0) is 0 Å². The van der Waals surface area contributed by atoms with Crippen molar-refractivity contribution < 1.29 is 4.79 Å². The zero-order valence-electron chi connectivity index (χ0n) is 12.1. The molecule has 4 heteroatoms. The van der Waals surface area contributed by atoms with Crippen molar-refractivity contribution in [3.05, 3.63) is 59.9 Å². The predicted octanol–water partition coefficient (Wildman–Crippen LogP) is 3.08. The molecule has 0 aliphatic carbocycles. The summed E-state index contributed by atoms with van der Waals surface area (Å²) in [5, 5.41) is 2.80. The molecule has 3 aromatic rings. The minimum Gasteiger partial charge on any atom is -0.352 e. The zero-order chi connectivity index (χ0) is 14.8. The molecule has 0 aliphatic heterocycles. The second kappa shape index (κ2) is 5.40. The summed E-state index contributed by atoms with van der Waals surface area (Å²) in [6.07, 6.45) is 0. The molecular formula is C17H17N3O. The molecule has 0 atom stereocenters. The van der Waals surface area contributed by atoms with Gasteiger partial charge in [-0.1, -0.05) is 12.1 Å². The smallest absolute Gasteiger partial charge is 0.251 e. The van der Waals surface area contributed by atoms with Crippen LogP contribution in [0.1, 0.15) is 23.1 Å². The van der Waals surface area contributed by atoms with E-state index in [1.165, 1.54) is 0 Å². The van der Waals surface area contributed by atoms with E-state index in [1.807, 2.05) is 62.4 Å². The lowest BCUT2D eigenvalue weighted by molar-refractivity contribution is 0.0956. The van der Waals surface area contributed by atoms with Crippen LogP contribution < -0.4 is 5.32 Å². The van der Waals surface area contributed by atoms with Crippen LogP contribution in [0.15, 0.2) is 48.5 Å². The van der Waals surface area contributed by atoms with E-state index in [4.69, 9.17) is 0 Å². The van der Waals surface area contributed by atoms with Crippen LogP contribution in [0.4, 0.5) is 0 Å². The van der Waals surface area contributed by atoms with Gasteiger partial charge in [0, 0.05) is 17.8 Å². The van der Waals surface area contributed by atoms with Crippen molar-refractivity contribution in [2.24, 2.45) is 0 Å². The number of rotatable bonds is 3. The number of aryl methyl sites for hydroxylation is 1. The highest BCUT2D eigenvalue weighted by Crippen LogP contribution is 2.21. The van der Waals surface area contributed by atoms with E-state index in [1.54, 1.807) is 0 Å². The number of imidazole rings is 1. The second-order valence-electron chi connectivity index (χ2n) is 4.89. The third-order valence-electron chi connectivity index (χ3n) is 3.45. The van der Waals surface area contributed by atoms with Gasteiger partial charge >= 0.3 is 0 Å². The quantitative estimate of drug-likeness (QED) is 0.801. The van der Waals surface area contributed by atoms with Crippen molar-refractivity contribution >= 4 is 16.9 Å². The number of benzene rings is 2. The minimum absolute atomic E-state index is 0.0451. The van der Waals surface area contributed by atoms with Gasteiger partial charge < -0.3 is 5.32 Å². The number of carbonyl (C=O) groups excluding carboxylic acids is 1. The lowest BCUT2D eigenvalue weighted by Gasteiger charge is -2.08. The number of nitrogens with one attached hydrogen (secondary N) is 1. The van der Waals surface area contributed by atoms with Gasteiger partial charge in [-0.3, -0.25) is 9.36 Å². The summed E-state index contributed by atoms with van der Waals surface area (Å²) in [7, 11) is 0. The number of amides is 1. The number of hydrogen-bond donors (Lipinski definition) is 1. The van der Waals surface area contributed by atoms with Crippen LogP contribution in [0.25, 0.3) is 16.7 Å². The SMILES string of the molecule is CCNC(=O)c1ccc(-n2c(C)nc3ccccc32)cc1. The Morgan fingerprint density at radius 3 is 2.57 bits per heavy atom. The van der Waals surface area contributed by atoms with E-state index in [9.17, 15) is 4.79 Å². The average Bonchev–Trinajstić information content (AvgIpc) is 2.83. The van der Waals surface area contributed by atoms with Gasteiger partial charge in [0.1, 0.15) is 5.82 Å². The molecule has 1 heterocycles. The van der Waals surface area contributed by atoms with Crippen LogP contribution in [0.5, 0.6) is 0 Å². The van der Waals surface area contributed by atoms with Crippen LogP contribution in [0.3, 0.4) is 0 Å². The van der Waals surface area contributed by atoms with E-state index in [0.717, 1.165) is 22.5 Å². The van der Waals surface area contributed by atoms with Gasteiger partial charge in [-0.2, -0.15) is 0 Å². The monoisotopic (exact) mass is 279 g/mol. The molecule has 1 aromatic heterocycles. The first-order chi connectivity index (χ1) is 10.2. The Labute approximate surface area is 123 Å². The average molecular weight is 279 g/mol. The topological polar surface area (TPSA) is 46.9 Å². The fourth-order valence-corrected chi connectivity index (χ4v) is 2.50. The Bertz CT molecular complexity index is 787. The van der Waals surface area contributed by atoms with E-state index in [-0.39, 0.29) is 5.91 Å². The minimum atomic E-state index is -0.0451. The van der Waals surface area contributed by atoms with Gasteiger partial charge in [0.2, 0.25) is 0 Å². The molecule has 0 unspecified atom stereocenters. The number of nitrogens with zero attached hydrogens (tertiary/aromatic N) is 2. The molecule has 0 spiro atoms. The molecular weight excluding hydrogens is 262 g/mol. The normalized spacial score (nSPS) is 10.8. The highest BCUT2D eigenvalue weighted by molar-refractivity contribution is 5.94. The predicted molar refractivity (Wildman–Crippen MR) is 83.8 cm³/mol. The number of carbonyl (C=O) groups is 1. The van der Waals surface area contributed by atoms with Gasteiger partial charge in [0.25, 0.3) is 5.91 Å². The lowest BCUT2D eigenvalue weighted by atomic mass is 10.2. The molecule has 106 valence electrons. The van der Waals surface area contributed by atoms with Crippen molar-refractivity contribution in [3.8, 4) is 5.69 Å². The molecule has 4 nitrogen and oxygen atoms in total. The van der Waals surface area contributed by atoms with E-state index < -0.39 is 0 Å². The Balaban J connectivity index is 2.03. The summed E-state index contributed by atoms with van der Waals surface area (Å²) < 4.78 is 2.09. The Morgan fingerprint density at radius 2 is 1.86 bits per heavy atom. The molecule has 0 saturated carbocycles. The maximum absolute atomic E-state index is 11.8. The second-order valence-corrected chi connectivity index (χ2v) is 4.89. The van der Waals surface area contributed by atoms with Gasteiger partial charge in [0.05, 0.1) is 11.0 Å². The lowest BCUT2D eigenvalue weighted by Crippen LogP contribution is -2.22. The number of aromatic nitrogens is 2. The summed E-state index contributed by atoms with van der Waals surface area (Å²) in [4.78, 5) is 16.4. The molecule has 0 fully saturated rings. The molecule has 0 radical (unpaired) electrons. The summed E-state index contributed by atoms with van der Waals surface area (Å²) in [6.45, 7) is 4.52. The van der Waals surface area contributed by atoms with Gasteiger partial charge in [0.15, 0.2) is 0 Å². The molecule has 1 amide bonds. The molecule has 0 saturated heterocycles. The van der Waals surface area contributed by atoms with Crippen LogP contribution in [-0.4, -0.2) is 22.0 Å². The Morgan fingerprint density at radius 1 is 1.14 bits per heavy atom. The Kier molecular flexibility index (Phi) is 3.44. The number of hydrogen-bond acceptors (Lipinski definition) is 2. The fourth-order valence-electron chi connectivity index (χ4n) is 2.50. The summed E-state index contributed by atoms with van der Waals surface area (Å²) in [5.41, 5.74) is 3.72.